The lowest BCUT2D eigenvalue weighted by atomic mass is 10.1. The van der Waals surface area contributed by atoms with E-state index >= 15 is 0 Å². The maximum absolute atomic E-state index is 8.60. The smallest absolute Gasteiger partial charge is 0.137 e. The zero-order chi connectivity index (χ0) is 12.0. The van der Waals surface area contributed by atoms with Crippen LogP contribution in [-0.4, -0.2) is 28.8 Å². The molecule has 2 N–H and O–H groups in total. The number of nitrogens with zero attached hydrogens (tertiary/aromatic N) is 1. The molecule has 0 atom stereocenters. The van der Waals surface area contributed by atoms with Crippen molar-refractivity contribution in [1.82, 2.24) is 10.3 Å². The minimum absolute atomic E-state index is 0.0212. The normalized spacial score (nSPS) is 11.5. The van der Waals surface area contributed by atoms with Crippen LogP contribution in [0.15, 0.2) is 18.3 Å². The first-order valence-corrected chi connectivity index (χ1v) is 5.45. The second-order valence-electron chi connectivity index (χ2n) is 4.66. The molecule has 0 saturated heterocycles. The number of aliphatic hydroxyl groups excluding tert-OH is 1. The summed E-state index contributed by atoms with van der Waals surface area (Å²) in [6.45, 7) is 7.42. The molecule has 90 valence electrons. The number of pyridine rings is 1. The van der Waals surface area contributed by atoms with E-state index in [1.807, 2.05) is 12.1 Å². The van der Waals surface area contributed by atoms with Gasteiger partial charge in [0.1, 0.15) is 12.4 Å². The van der Waals surface area contributed by atoms with Crippen molar-refractivity contribution in [3.05, 3.63) is 24.0 Å². The number of aromatic nitrogens is 1. The van der Waals surface area contributed by atoms with Crippen molar-refractivity contribution in [2.75, 3.05) is 13.2 Å². The van der Waals surface area contributed by atoms with Crippen molar-refractivity contribution < 1.29 is 9.84 Å². The van der Waals surface area contributed by atoms with Gasteiger partial charge in [0.05, 0.1) is 18.5 Å². The van der Waals surface area contributed by atoms with Crippen LogP contribution in [0.4, 0.5) is 0 Å². The van der Waals surface area contributed by atoms with Gasteiger partial charge in [-0.2, -0.15) is 0 Å². The summed E-state index contributed by atoms with van der Waals surface area (Å²) in [7, 11) is 0. The molecule has 0 aliphatic carbocycles. The Bertz CT molecular complexity index is 304. The molecule has 0 unspecified atom stereocenters. The average molecular weight is 224 g/mol. The zero-order valence-electron chi connectivity index (χ0n) is 10.2. The fraction of sp³-hybridized carbons (Fsp3) is 0.583. The Balaban J connectivity index is 2.45. The van der Waals surface area contributed by atoms with Gasteiger partial charge in [-0.15, -0.1) is 0 Å². The third kappa shape index (κ3) is 5.09. The topological polar surface area (TPSA) is 54.4 Å². The van der Waals surface area contributed by atoms with E-state index in [9.17, 15) is 0 Å². The van der Waals surface area contributed by atoms with Crippen LogP contribution < -0.4 is 10.1 Å². The van der Waals surface area contributed by atoms with E-state index < -0.39 is 0 Å². The molecule has 0 spiro atoms. The maximum Gasteiger partial charge on any atom is 0.137 e. The first-order chi connectivity index (χ1) is 7.51. The van der Waals surface area contributed by atoms with Gasteiger partial charge in [0.2, 0.25) is 0 Å². The first kappa shape index (κ1) is 12.9. The van der Waals surface area contributed by atoms with Crippen molar-refractivity contribution in [3.63, 3.8) is 0 Å². The van der Waals surface area contributed by atoms with Crippen LogP contribution in [0.1, 0.15) is 26.5 Å². The lowest BCUT2D eigenvalue weighted by molar-refractivity contribution is 0.201. The highest BCUT2D eigenvalue weighted by Crippen LogP contribution is 2.09. The molecule has 1 aromatic heterocycles. The Morgan fingerprint density at radius 2 is 2.12 bits per heavy atom. The highest BCUT2D eigenvalue weighted by Gasteiger charge is 2.08. The van der Waals surface area contributed by atoms with E-state index in [1.54, 1.807) is 6.20 Å². The molecule has 4 nitrogen and oxygen atoms in total. The standard InChI is InChI=1S/C12H20N2O2/c1-12(2,3)14-8-10-4-5-11(9-13-10)16-7-6-15/h4-5,9,14-15H,6-8H2,1-3H3. The largest absolute Gasteiger partial charge is 0.490 e. The molecule has 0 amide bonds. The summed E-state index contributed by atoms with van der Waals surface area (Å²) in [6.07, 6.45) is 1.68. The highest BCUT2D eigenvalue weighted by atomic mass is 16.5. The second kappa shape index (κ2) is 5.82. The Morgan fingerprint density at radius 1 is 1.38 bits per heavy atom. The average Bonchev–Trinajstić information content (AvgIpc) is 2.24. The van der Waals surface area contributed by atoms with E-state index in [0.29, 0.717) is 12.4 Å². The molecule has 1 rings (SSSR count). The lowest BCUT2D eigenvalue weighted by Crippen LogP contribution is -2.35. The Labute approximate surface area is 96.7 Å². The van der Waals surface area contributed by atoms with Crippen molar-refractivity contribution >= 4 is 0 Å². The maximum atomic E-state index is 8.60. The van der Waals surface area contributed by atoms with Crippen LogP contribution in [0.2, 0.25) is 0 Å². The fourth-order valence-corrected chi connectivity index (χ4v) is 1.12. The van der Waals surface area contributed by atoms with E-state index in [0.717, 1.165) is 12.2 Å². The summed E-state index contributed by atoms with van der Waals surface area (Å²) in [5.41, 5.74) is 1.07. The number of nitrogens with one attached hydrogen (secondary N) is 1. The van der Waals surface area contributed by atoms with Gasteiger partial charge in [0.15, 0.2) is 0 Å². The Morgan fingerprint density at radius 3 is 2.62 bits per heavy atom. The minimum atomic E-state index is 0.0212. The number of aliphatic hydroxyl groups is 1. The quantitative estimate of drug-likeness (QED) is 0.792. The molecule has 0 aromatic carbocycles. The number of rotatable bonds is 5. The third-order valence-corrected chi connectivity index (χ3v) is 1.96. The van der Waals surface area contributed by atoms with Gasteiger partial charge in [0.25, 0.3) is 0 Å². The molecule has 1 aromatic rings. The van der Waals surface area contributed by atoms with E-state index in [-0.39, 0.29) is 12.1 Å². The third-order valence-electron chi connectivity index (χ3n) is 1.96. The summed E-state index contributed by atoms with van der Waals surface area (Å²) in [5.74, 6) is 0.688. The highest BCUT2D eigenvalue weighted by molar-refractivity contribution is 5.19. The zero-order valence-corrected chi connectivity index (χ0v) is 10.2. The minimum Gasteiger partial charge on any atom is -0.490 e. The molecule has 0 fully saturated rings. The number of ether oxygens (including phenoxy) is 1. The number of hydrogen-bond acceptors (Lipinski definition) is 4. The van der Waals surface area contributed by atoms with Gasteiger partial charge in [-0.3, -0.25) is 4.98 Å². The van der Waals surface area contributed by atoms with Gasteiger partial charge >= 0.3 is 0 Å². The van der Waals surface area contributed by atoms with Gasteiger partial charge in [-0.1, -0.05) is 0 Å². The van der Waals surface area contributed by atoms with Crippen LogP contribution in [0.5, 0.6) is 5.75 Å². The molecule has 1 heterocycles. The monoisotopic (exact) mass is 224 g/mol. The predicted molar refractivity (Wildman–Crippen MR) is 63.4 cm³/mol. The molecule has 0 saturated carbocycles. The lowest BCUT2D eigenvalue weighted by Gasteiger charge is -2.20. The van der Waals surface area contributed by atoms with E-state index in [4.69, 9.17) is 9.84 Å². The van der Waals surface area contributed by atoms with Gasteiger partial charge in [-0.25, -0.2) is 0 Å². The predicted octanol–water partition coefficient (Wildman–Crippen LogP) is 1.34. The molecular weight excluding hydrogens is 204 g/mol. The summed E-state index contributed by atoms with van der Waals surface area (Å²) in [5, 5.41) is 12.0. The van der Waals surface area contributed by atoms with Crippen molar-refractivity contribution in [3.8, 4) is 5.75 Å². The summed E-state index contributed by atoms with van der Waals surface area (Å²) >= 11 is 0. The molecular formula is C12H20N2O2. The summed E-state index contributed by atoms with van der Waals surface area (Å²) in [4.78, 5) is 4.27. The van der Waals surface area contributed by atoms with Crippen LogP contribution in [-0.2, 0) is 6.54 Å². The summed E-state index contributed by atoms with van der Waals surface area (Å²) in [6, 6.07) is 3.79. The van der Waals surface area contributed by atoms with Gasteiger partial charge < -0.3 is 15.2 Å². The number of hydrogen-bond donors (Lipinski definition) is 2. The van der Waals surface area contributed by atoms with Gasteiger partial charge in [-0.05, 0) is 32.9 Å². The fourth-order valence-electron chi connectivity index (χ4n) is 1.12. The van der Waals surface area contributed by atoms with Gasteiger partial charge in [0, 0.05) is 12.1 Å². The molecule has 0 aliphatic rings. The summed E-state index contributed by atoms with van der Waals surface area (Å²) < 4.78 is 5.22. The first-order valence-electron chi connectivity index (χ1n) is 5.45. The molecule has 0 radical (unpaired) electrons. The van der Waals surface area contributed by atoms with Crippen molar-refractivity contribution in [2.45, 2.75) is 32.9 Å². The Kier molecular flexibility index (Phi) is 4.71. The molecule has 0 bridgehead atoms. The Hall–Kier alpha value is -1.13. The molecule has 0 aliphatic heterocycles. The molecule has 4 heteroatoms. The van der Waals surface area contributed by atoms with Crippen LogP contribution in [0.3, 0.4) is 0 Å². The second-order valence-corrected chi connectivity index (χ2v) is 4.66. The SMILES string of the molecule is CC(C)(C)NCc1ccc(OCCO)cn1. The van der Waals surface area contributed by atoms with E-state index in [2.05, 4.69) is 31.1 Å². The van der Waals surface area contributed by atoms with E-state index in [1.165, 1.54) is 0 Å². The van der Waals surface area contributed by atoms with Crippen molar-refractivity contribution in [1.29, 1.82) is 0 Å². The van der Waals surface area contributed by atoms with Crippen LogP contribution >= 0.6 is 0 Å². The van der Waals surface area contributed by atoms with Crippen LogP contribution in [0, 0.1) is 0 Å². The van der Waals surface area contributed by atoms with Crippen molar-refractivity contribution in [2.24, 2.45) is 0 Å². The van der Waals surface area contributed by atoms with Crippen LogP contribution in [0.25, 0.3) is 0 Å². The molecule has 16 heavy (non-hydrogen) atoms.